The van der Waals surface area contributed by atoms with Crippen molar-refractivity contribution in [3.8, 4) is 0 Å². The first kappa shape index (κ1) is 16.1. The number of hydrogen-bond acceptors (Lipinski definition) is 4. The summed E-state index contributed by atoms with van der Waals surface area (Å²) in [6.45, 7) is 4.22. The first-order chi connectivity index (χ1) is 12.2. The van der Waals surface area contributed by atoms with Crippen molar-refractivity contribution in [1.29, 1.82) is 0 Å². The Hall–Kier alpha value is -2.34. The number of benzene rings is 1. The van der Waals surface area contributed by atoms with Gasteiger partial charge in [0.25, 0.3) is 5.56 Å². The Labute approximate surface area is 146 Å². The van der Waals surface area contributed by atoms with Gasteiger partial charge in [0.15, 0.2) is 0 Å². The SMILES string of the molecule is O=c1[nH]c(=O)n(CN2CCN(c3ccccc3)CC2)cc1CC1CC1. The van der Waals surface area contributed by atoms with Crippen molar-refractivity contribution in [2.45, 2.75) is 25.9 Å². The van der Waals surface area contributed by atoms with Gasteiger partial charge in [0.1, 0.15) is 0 Å². The van der Waals surface area contributed by atoms with Crippen molar-refractivity contribution in [1.82, 2.24) is 14.5 Å². The second-order valence-electron chi connectivity index (χ2n) is 7.11. The molecule has 25 heavy (non-hydrogen) atoms. The van der Waals surface area contributed by atoms with Crippen molar-refractivity contribution < 1.29 is 0 Å². The maximum atomic E-state index is 12.1. The van der Waals surface area contributed by atoms with Crippen LogP contribution >= 0.6 is 0 Å². The Morgan fingerprint density at radius 1 is 1.00 bits per heavy atom. The molecule has 0 atom stereocenters. The minimum absolute atomic E-state index is 0.220. The number of aromatic nitrogens is 2. The van der Waals surface area contributed by atoms with E-state index in [1.54, 1.807) is 10.8 Å². The van der Waals surface area contributed by atoms with Gasteiger partial charge < -0.3 is 4.90 Å². The number of anilines is 1. The van der Waals surface area contributed by atoms with Gasteiger partial charge in [0.2, 0.25) is 0 Å². The molecule has 2 aromatic rings. The molecule has 2 aliphatic rings. The number of piperazine rings is 1. The summed E-state index contributed by atoms with van der Waals surface area (Å²) in [5.74, 6) is 0.626. The molecular weight excluding hydrogens is 316 g/mol. The smallest absolute Gasteiger partial charge is 0.329 e. The van der Waals surface area contributed by atoms with Crippen LogP contribution in [0.25, 0.3) is 0 Å². The standard InChI is InChI=1S/C19H24N4O2/c24-18-16(12-15-6-7-15)13-23(19(25)20-18)14-21-8-10-22(11-9-21)17-4-2-1-3-5-17/h1-5,13,15H,6-12,14H2,(H,20,24,25). The molecule has 1 N–H and O–H groups in total. The Bertz CT molecular complexity index is 830. The zero-order valence-electron chi connectivity index (χ0n) is 14.4. The third-order valence-electron chi connectivity index (χ3n) is 5.14. The molecule has 1 saturated carbocycles. The first-order valence-corrected chi connectivity index (χ1v) is 9.04. The van der Waals surface area contributed by atoms with Crippen molar-refractivity contribution in [3.05, 3.63) is 62.9 Å². The summed E-state index contributed by atoms with van der Waals surface area (Å²) >= 11 is 0. The summed E-state index contributed by atoms with van der Waals surface area (Å²) in [6, 6.07) is 10.4. The van der Waals surface area contributed by atoms with Crippen molar-refractivity contribution in [3.63, 3.8) is 0 Å². The summed E-state index contributed by atoms with van der Waals surface area (Å²) in [4.78, 5) is 31.2. The lowest BCUT2D eigenvalue weighted by Crippen LogP contribution is -2.48. The highest BCUT2D eigenvalue weighted by Gasteiger charge is 2.23. The van der Waals surface area contributed by atoms with Gasteiger partial charge in [-0.05, 0) is 37.3 Å². The van der Waals surface area contributed by atoms with Gasteiger partial charge in [0.05, 0.1) is 6.67 Å². The van der Waals surface area contributed by atoms with E-state index in [0.29, 0.717) is 12.6 Å². The number of nitrogens with zero attached hydrogens (tertiary/aromatic N) is 3. The first-order valence-electron chi connectivity index (χ1n) is 9.04. The van der Waals surface area contributed by atoms with E-state index >= 15 is 0 Å². The number of para-hydroxylation sites is 1. The van der Waals surface area contributed by atoms with Crippen LogP contribution in [0.1, 0.15) is 18.4 Å². The summed E-state index contributed by atoms with van der Waals surface area (Å²) in [5.41, 5.74) is 1.46. The van der Waals surface area contributed by atoms with E-state index in [-0.39, 0.29) is 11.2 Å². The zero-order chi connectivity index (χ0) is 17.2. The lowest BCUT2D eigenvalue weighted by atomic mass is 10.2. The van der Waals surface area contributed by atoms with Gasteiger partial charge in [-0.2, -0.15) is 0 Å². The Morgan fingerprint density at radius 2 is 1.72 bits per heavy atom. The Kier molecular flexibility index (Phi) is 4.44. The molecule has 0 unspecified atom stereocenters. The van der Waals surface area contributed by atoms with Gasteiger partial charge in [-0.3, -0.25) is 19.2 Å². The van der Waals surface area contributed by atoms with E-state index in [2.05, 4.69) is 39.0 Å². The highest BCUT2D eigenvalue weighted by molar-refractivity contribution is 5.46. The van der Waals surface area contributed by atoms with Gasteiger partial charge in [0, 0.05) is 43.6 Å². The normalized spacial score (nSPS) is 18.5. The fourth-order valence-electron chi connectivity index (χ4n) is 3.44. The third kappa shape index (κ3) is 3.85. The van der Waals surface area contributed by atoms with Crippen LogP contribution in [0, 0.1) is 5.92 Å². The van der Waals surface area contributed by atoms with Crippen LogP contribution in [0.4, 0.5) is 5.69 Å². The molecule has 0 bridgehead atoms. The second-order valence-corrected chi connectivity index (χ2v) is 7.11. The van der Waals surface area contributed by atoms with Crippen LogP contribution in [0.5, 0.6) is 0 Å². The molecule has 1 aromatic heterocycles. The molecule has 1 saturated heterocycles. The minimum Gasteiger partial charge on any atom is -0.369 e. The van der Waals surface area contributed by atoms with E-state index in [4.69, 9.17) is 0 Å². The van der Waals surface area contributed by atoms with Crippen LogP contribution in [0.3, 0.4) is 0 Å². The van der Waals surface area contributed by atoms with Gasteiger partial charge in [-0.15, -0.1) is 0 Å². The average Bonchev–Trinajstić information content (AvgIpc) is 3.45. The molecule has 1 aliphatic heterocycles. The zero-order valence-corrected chi connectivity index (χ0v) is 14.4. The lowest BCUT2D eigenvalue weighted by Gasteiger charge is -2.36. The Morgan fingerprint density at radius 3 is 2.40 bits per heavy atom. The third-order valence-corrected chi connectivity index (χ3v) is 5.14. The fraction of sp³-hybridized carbons (Fsp3) is 0.474. The van der Waals surface area contributed by atoms with Crippen LogP contribution < -0.4 is 16.1 Å². The monoisotopic (exact) mass is 340 g/mol. The highest BCUT2D eigenvalue weighted by atomic mass is 16.2. The van der Waals surface area contributed by atoms with Crippen LogP contribution in [-0.2, 0) is 13.1 Å². The van der Waals surface area contributed by atoms with Crippen molar-refractivity contribution >= 4 is 5.69 Å². The maximum Gasteiger partial charge on any atom is 0.329 e. The summed E-state index contributed by atoms with van der Waals surface area (Å²) < 4.78 is 1.65. The molecule has 0 radical (unpaired) electrons. The fourth-order valence-corrected chi connectivity index (χ4v) is 3.44. The molecule has 6 heteroatoms. The van der Waals surface area contributed by atoms with E-state index in [9.17, 15) is 9.59 Å². The molecule has 1 aliphatic carbocycles. The maximum absolute atomic E-state index is 12.1. The minimum atomic E-state index is -0.310. The largest absolute Gasteiger partial charge is 0.369 e. The van der Waals surface area contributed by atoms with Gasteiger partial charge in [-0.1, -0.05) is 18.2 Å². The van der Waals surface area contributed by atoms with Gasteiger partial charge >= 0.3 is 5.69 Å². The summed E-state index contributed by atoms with van der Waals surface area (Å²) in [6.07, 6.45) is 4.94. The van der Waals surface area contributed by atoms with E-state index in [0.717, 1.165) is 38.2 Å². The quantitative estimate of drug-likeness (QED) is 0.890. The average molecular weight is 340 g/mol. The molecule has 0 amide bonds. The van der Waals surface area contributed by atoms with Crippen LogP contribution in [0.15, 0.2) is 46.1 Å². The summed E-state index contributed by atoms with van der Waals surface area (Å²) in [5, 5.41) is 0. The Balaban J connectivity index is 1.41. The number of H-pyrrole nitrogens is 1. The highest BCUT2D eigenvalue weighted by Crippen LogP contribution is 2.31. The molecular formula is C19H24N4O2. The topological polar surface area (TPSA) is 61.3 Å². The van der Waals surface area contributed by atoms with E-state index in [1.165, 1.54) is 18.5 Å². The molecule has 4 rings (SSSR count). The molecule has 6 nitrogen and oxygen atoms in total. The predicted molar refractivity (Wildman–Crippen MR) is 98.0 cm³/mol. The van der Waals surface area contributed by atoms with Crippen molar-refractivity contribution in [2.24, 2.45) is 5.92 Å². The molecule has 2 heterocycles. The molecule has 1 aromatic carbocycles. The van der Waals surface area contributed by atoms with Gasteiger partial charge in [-0.25, -0.2) is 4.79 Å². The second kappa shape index (κ2) is 6.88. The molecule has 2 fully saturated rings. The number of hydrogen-bond donors (Lipinski definition) is 1. The predicted octanol–water partition coefficient (Wildman–Crippen LogP) is 1.27. The molecule has 0 spiro atoms. The number of nitrogens with one attached hydrogen (secondary N) is 1. The number of aromatic amines is 1. The van der Waals surface area contributed by atoms with Crippen LogP contribution in [-0.4, -0.2) is 40.6 Å². The lowest BCUT2D eigenvalue weighted by molar-refractivity contribution is 0.201. The molecule has 132 valence electrons. The number of rotatable bonds is 5. The van der Waals surface area contributed by atoms with E-state index < -0.39 is 0 Å². The van der Waals surface area contributed by atoms with E-state index in [1.807, 2.05) is 6.07 Å². The van der Waals surface area contributed by atoms with Crippen LogP contribution in [0.2, 0.25) is 0 Å². The summed E-state index contributed by atoms with van der Waals surface area (Å²) in [7, 11) is 0. The van der Waals surface area contributed by atoms with Crippen molar-refractivity contribution in [2.75, 3.05) is 31.1 Å².